The van der Waals surface area contributed by atoms with Crippen molar-refractivity contribution in [3.05, 3.63) is 0 Å². The highest BCUT2D eigenvalue weighted by Crippen LogP contribution is 1.89. The average Bonchev–Trinajstić information content (AvgIpc) is 1.66. The molecular weight excluding hydrogens is 102 g/mol. The van der Waals surface area contributed by atoms with Gasteiger partial charge in [0.15, 0.2) is 0 Å². The molecule has 2 nitrogen and oxygen atoms in total. The zero-order chi connectivity index (χ0) is 6.41. The molecule has 49 valence electrons. The highest BCUT2D eigenvalue weighted by molar-refractivity contribution is 4.35. The molecular formula is C6H14NO. The molecule has 1 radical (unpaired) electrons. The molecule has 0 fully saturated rings. The Kier molecular flexibility index (Phi) is 5.01. The van der Waals surface area contributed by atoms with Gasteiger partial charge in [0.1, 0.15) is 0 Å². The van der Waals surface area contributed by atoms with Crippen LogP contribution in [-0.4, -0.2) is 13.2 Å². The van der Waals surface area contributed by atoms with Crippen LogP contribution in [0.5, 0.6) is 0 Å². The first-order valence-electron chi connectivity index (χ1n) is 3.06. The van der Waals surface area contributed by atoms with Crippen molar-refractivity contribution in [3.8, 4) is 0 Å². The van der Waals surface area contributed by atoms with Gasteiger partial charge < -0.3 is 0 Å². The van der Waals surface area contributed by atoms with Crippen LogP contribution in [0.1, 0.15) is 20.8 Å². The van der Waals surface area contributed by atoms with Crippen LogP contribution in [0, 0.1) is 5.92 Å². The van der Waals surface area contributed by atoms with Crippen LogP contribution in [0.3, 0.4) is 0 Å². The normalized spacial score (nSPS) is 10.5. The molecule has 0 saturated carbocycles. The number of hydroxylamine groups is 1. The zero-order valence-electron chi connectivity index (χ0n) is 5.85. The maximum Gasteiger partial charge on any atom is 0.0725 e. The van der Waals surface area contributed by atoms with Crippen molar-refractivity contribution < 1.29 is 4.84 Å². The van der Waals surface area contributed by atoms with Crippen LogP contribution in [0.15, 0.2) is 0 Å². The average molecular weight is 116 g/mol. The van der Waals surface area contributed by atoms with Crippen LogP contribution >= 0.6 is 0 Å². The predicted molar refractivity (Wildman–Crippen MR) is 33.5 cm³/mol. The summed E-state index contributed by atoms with van der Waals surface area (Å²) in [5, 5.41) is 0. The standard InChI is InChI=1S/C6H14NO/c1-4-7-8-5-6(2)3/h6H,4-5H2,1-3H3. The van der Waals surface area contributed by atoms with E-state index in [0.29, 0.717) is 5.92 Å². The molecule has 0 aliphatic heterocycles. The van der Waals surface area contributed by atoms with E-state index in [2.05, 4.69) is 19.3 Å². The minimum absolute atomic E-state index is 0.588. The molecule has 0 bridgehead atoms. The lowest BCUT2D eigenvalue weighted by Crippen LogP contribution is -2.09. The molecule has 0 rings (SSSR count). The largest absolute Gasteiger partial charge is 0.282 e. The molecule has 8 heavy (non-hydrogen) atoms. The predicted octanol–water partition coefficient (Wildman–Crippen LogP) is 1.20. The fourth-order valence-corrected chi connectivity index (χ4v) is 0.293. The summed E-state index contributed by atoms with van der Waals surface area (Å²) in [6.07, 6.45) is 0. The highest BCUT2D eigenvalue weighted by Gasteiger charge is 1.90. The van der Waals surface area contributed by atoms with Crippen LogP contribution in [0.4, 0.5) is 0 Å². The van der Waals surface area contributed by atoms with Crippen molar-refractivity contribution in [1.29, 1.82) is 0 Å². The summed E-state index contributed by atoms with van der Waals surface area (Å²) in [7, 11) is 0. The Morgan fingerprint density at radius 2 is 2.12 bits per heavy atom. The van der Waals surface area contributed by atoms with Gasteiger partial charge >= 0.3 is 0 Å². The molecule has 0 aromatic rings. The fraction of sp³-hybridized carbons (Fsp3) is 1.00. The van der Waals surface area contributed by atoms with E-state index in [1.54, 1.807) is 0 Å². The van der Waals surface area contributed by atoms with E-state index < -0.39 is 0 Å². The van der Waals surface area contributed by atoms with E-state index in [4.69, 9.17) is 4.84 Å². The molecule has 0 aromatic heterocycles. The van der Waals surface area contributed by atoms with E-state index in [9.17, 15) is 0 Å². The second kappa shape index (κ2) is 5.06. The van der Waals surface area contributed by atoms with Gasteiger partial charge in [-0.3, -0.25) is 4.84 Å². The summed E-state index contributed by atoms with van der Waals surface area (Å²) >= 11 is 0. The Hall–Kier alpha value is -0.0800. The van der Waals surface area contributed by atoms with Gasteiger partial charge in [0, 0.05) is 6.54 Å². The minimum Gasteiger partial charge on any atom is -0.282 e. The summed E-state index contributed by atoms with van der Waals surface area (Å²) in [4.78, 5) is 4.87. The Morgan fingerprint density at radius 1 is 1.50 bits per heavy atom. The Morgan fingerprint density at radius 3 is 2.50 bits per heavy atom. The third-order valence-electron chi connectivity index (χ3n) is 0.628. The molecule has 2 heteroatoms. The Labute approximate surface area is 51.2 Å². The van der Waals surface area contributed by atoms with E-state index in [0.717, 1.165) is 13.2 Å². The first-order chi connectivity index (χ1) is 3.77. The second-order valence-corrected chi connectivity index (χ2v) is 2.13. The van der Waals surface area contributed by atoms with Gasteiger partial charge in [-0.15, -0.1) is 0 Å². The summed E-state index contributed by atoms with van der Waals surface area (Å²) in [6, 6.07) is 0. The van der Waals surface area contributed by atoms with E-state index in [1.807, 2.05) is 6.92 Å². The zero-order valence-corrected chi connectivity index (χ0v) is 5.85. The first-order valence-corrected chi connectivity index (χ1v) is 3.06. The van der Waals surface area contributed by atoms with Crippen molar-refractivity contribution in [2.24, 2.45) is 5.92 Å². The van der Waals surface area contributed by atoms with Crippen LogP contribution in [0.25, 0.3) is 0 Å². The molecule has 0 aromatic carbocycles. The highest BCUT2D eigenvalue weighted by atomic mass is 16.6. The molecule has 0 saturated heterocycles. The summed E-state index contributed by atoms with van der Waals surface area (Å²) in [5.74, 6) is 0.588. The molecule has 0 unspecified atom stereocenters. The van der Waals surface area contributed by atoms with Crippen molar-refractivity contribution in [3.63, 3.8) is 0 Å². The molecule has 0 aliphatic rings. The van der Waals surface area contributed by atoms with Gasteiger partial charge in [0.05, 0.1) is 6.61 Å². The van der Waals surface area contributed by atoms with E-state index >= 15 is 0 Å². The molecule has 0 aliphatic carbocycles. The maximum atomic E-state index is 4.87. The lowest BCUT2D eigenvalue weighted by Gasteiger charge is -2.01. The third-order valence-corrected chi connectivity index (χ3v) is 0.628. The molecule has 0 N–H and O–H groups in total. The Balaban J connectivity index is 2.72. The lowest BCUT2D eigenvalue weighted by atomic mass is 10.2. The smallest absolute Gasteiger partial charge is 0.0725 e. The molecule has 0 amide bonds. The van der Waals surface area contributed by atoms with Crippen molar-refractivity contribution in [1.82, 2.24) is 5.48 Å². The molecule has 0 atom stereocenters. The van der Waals surface area contributed by atoms with Gasteiger partial charge in [-0.25, -0.2) is 0 Å². The van der Waals surface area contributed by atoms with Crippen LogP contribution in [-0.2, 0) is 4.84 Å². The van der Waals surface area contributed by atoms with E-state index in [1.165, 1.54) is 0 Å². The van der Waals surface area contributed by atoms with Gasteiger partial charge in [0.25, 0.3) is 0 Å². The fourth-order valence-electron chi connectivity index (χ4n) is 0.293. The summed E-state index contributed by atoms with van der Waals surface area (Å²) in [6.45, 7) is 7.66. The summed E-state index contributed by atoms with van der Waals surface area (Å²) < 4.78 is 0. The monoisotopic (exact) mass is 116 g/mol. The second-order valence-electron chi connectivity index (χ2n) is 2.13. The van der Waals surface area contributed by atoms with Crippen molar-refractivity contribution in [2.75, 3.05) is 13.2 Å². The van der Waals surface area contributed by atoms with Gasteiger partial charge in [-0.2, -0.15) is 0 Å². The lowest BCUT2D eigenvalue weighted by molar-refractivity contribution is 0.0194. The van der Waals surface area contributed by atoms with Crippen LogP contribution < -0.4 is 5.48 Å². The first kappa shape index (κ1) is 7.92. The van der Waals surface area contributed by atoms with Crippen molar-refractivity contribution in [2.45, 2.75) is 20.8 Å². The molecule has 0 spiro atoms. The van der Waals surface area contributed by atoms with Gasteiger partial charge in [0.2, 0.25) is 0 Å². The van der Waals surface area contributed by atoms with Gasteiger partial charge in [-0.05, 0) is 12.8 Å². The quantitative estimate of drug-likeness (QED) is 0.400. The number of hydrogen-bond acceptors (Lipinski definition) is 1. The number of rotatable bonds is 4. The minimum atomic E-state index is 0.588. The topological polar surface area (TPSA) is 23.3 Å². The van der Waals surface area contributed by atoms with Crippen molar-refractivity contribution >= 4 is 0 Å². The van der Waals surface area contributed by atoms with Crippen LogP contribution in [0.2, 0.25) is 0 Å². The third kappa shape index (κ3) is 5.92. The SMILES string of the molecule is CC[N]OCC(C)C. The van der Waals surface area contributed by atoms with E-state index in [-0.39, 0.29) is 0 Å². The Bertz CT molecular complexity index is 45.8. The molecule has 0 heterocycles. The summed E-state index contributed by atoms with van der Waals surface area (Å²) in [5.41, 5.74) is 3.71. The number of hydrogen-bond donors (Lipinski definition) is 0. The van der Waals surface area contributed by atoms with Gasteiger partial charge in [-0.1, -0.05) is 19.3 Å². The maximum absolute atomic E-state index is 4.87. The number of nitrogens with zero attached hydrogens (tertiary/aromatic N) is 1.